The van der Waals surface area contributed by atoms with Gasteiger partial charge in [-0.2, -0.15) is 5.10 Å². The van der Waals surface area contributed by atoms with Crippen LogP contribution >= 0.6 is 0 Å². The number of hydrogen-bond donors (Lipinski definition) is 1. The molecule has 1 saturated carbocycles. The fourth-order valence-electron chi connectivity index (χ4n) is 4.22. The molecule has 1 atom stereocenters. The second kappa shape index (κ2) is 5.07. The van der Waals surface area contributed by atoms with Crippen molar-refractivity contribution in [1.82, 2.24) is 15.2 Å². The van der Waals surface area contributed by atoms with Gasteiger partial charge in [0.15, 0.2) is 5.82 Å². The van der Waals surface area contributed by atoms with Gasteiger partial charge in [0.2, 0.25) is 0 Å². The summed E-state index contributed by atoms with van der Waals surface area (Å²) < 4.78 is 0. The Bertz CT molecular complexity index is 923. The van der Waals surface area contributed by atoms with E-state index in [4.69, 9.17) is 0 Å². The Morgan fingerprint density at radius 3 is 2.83 bits per heavy atom. The number of aryl methyl sites for hydroxylation is 2. The number of fused-ring (bicyclic) bond motifs is 2. The van der Waals surface area contributed by atoms with E-state index in [9.17, 15) is 0 Å². The molecule has 1 aromatic carbocycles. The monoisotopic (exact) mass is 318 g/mol. The van der Waals surface area contributed by atoms with E-state index >= 15 is 0 Å². The van der Waals surface area contributed by atoms with E-state index in [-0.39, 0.29) is 0 Å². The first-order valence-corrected chi connectivity index (χ1v) is 8.89. The van der Waals surface area contributed by atoms with Crippen molar-refractivity contribution in [2.75, 3.05) is 11.4 Å². The quantitative estimate of drug-likeness (QED) is 0.774. The van der Waals surface area contributed by atoms with Gasteiger partial charge in [0.25, 0.3) is 0 Å². The van der Waals surface area contributed by atoms with Gasteiger partial charge in [-0.15, -0.1) is 5.10 Å². The van der Waals surface area contributed by atoms with E-state index in [1.54, 1.807) is 0 Å². The van der Waals surface area contributed by atoms with Crippen LogP contribution in [0.25, 0.3) is 10.9 Å². The Balaban J connectivity index is 1.68. The van der Waals surface area contributed by atoms with Gasteiger partial charge in [0.1, 0.15) is 0 Å². The molecule has 3 aromatic rings. The molecule has 1 aliphatic heterocycles. The minimum Gasteiger partial charge on any atom is -0.355 e. The van der Waals surface area contributed by atoms with Crippen LogP contribution in [0.3, 0.4) is 0 Å². The topological polar surface area (TPSA) is 44.8 Å². The average Bonchev–Trinajstić information content (AvgIpc) is 3.40. The van der Waals surface area contributed by atoms with Crippen molar-refractivity contribution in [3.8, 4) is 0 Å². The molecule has 2 aliphatic rings. The summed E-state index contributed by atoms with van der Waals surface area (Å²) in [5, 5.41) is 10.1. The van der Waals surface area contributed by atoms with Crippen LogP contribution in [0.5, 0.6) is 0 Å². The van der Waals surface area contributed by atoms with E-state index in [1.165, 1.54) is 40.6 Å². The van der Waals surface area contributed by atoms with E-state index in [1.807, 2.05) is 6.20 Å². The molecule has 1 aliphatic carbocycles. The highest BCUT2D eigenvalue weighted by atomic mass is 15.3. The first-order chi connectivity index (χ1) is 11.7. The summed E-state index contributed by atoms with van der Waals surface area (Å²) in [6.45, 7) is 5.30. The molecule has 1 unspecified atom stereocenters. The zero-order chi connectivity index (χ0) is 16.3. The number of nitrogens with zero attached hydrogens (tertiary/aromatic N) is 3. The molecule has 0 radical (unpaired) electrons. The maximum Gasteiger partial charge on any atom is 0.176 e. The maximum atomic E-state index is 4.56. The molecule has 2 aromatic heterocycles. The summed E-state index contributed by atoms with van der Waals surface area (Å²) in [5.41, 5.74) is 6.63. The highest BCUT2D eigenvalue weighted by molar-refractivity contribution is 5.92. The predicted molar refractivity (Wildman–Crippen MR) is 96.3 cm³/mol. The van der Waals surface area contributed by atoms with Gasteiger partial charge in [-0.25, -0.2) is 0 Å². The van der Waals surface area contributed by atoms with Crippen LogP contribution in [0.1, 0.15) is 41.3 Å². The average molecular weight is 318 g/mol. The van der Waals surface area contributed by atoms with Crippen molar-refractivity contribution in [1.29, 1.82) is 0 Å². The highest BCUT2D eigenvalue weighted by Crippen LogP contribution is 2.49. The Hall–Kier alpha value is -2.36. The summed E-state index contributed by atoms with van der Waals surface area (Å²) in [5.74, 6) is 1.77. The Morgan fingerprint density at radius 1 is 1.17 bits per heavy atom. The van der Waals surface area contributed by atoms with Crippen LogP contribution in [0, 0.1) is 19.8 Å². The van der Waals surface area contributed by atoms with Gasteiger partial charge in [-0.3, -0.25) is 0 Å². The van der Waals surface area contributed by atoms with Gasteiger partial charge in [-0.1, -0.05) is 24.3 Å². The largest absolute Gasteiger partial charge is 0.355 e. The number of aromatic nitrogens is 3. The Labute approximate surface area is 141 Å². The normalized spacial score (nSPS) is 20.4. The molecule has 0 amide bonds. The van der Waals surface area contributed by atoms with Crippen LogP contribution in [0.15, 0.2) is 30.5 Å². The van der Waals surface area contributed by atoms with Gasteiger partial charge in [0.05, 0.1) is 17.8 Å². The van der Waals surface area contributed by atoms with Crippen LogP contribution < -0.4 is 4.90 Å². The number of aromatic amines is 1. The number of anilines is 1. The number of nitrogens with one attached hydrogen (secondary N) is 1. The minimum absolute atomic E-state index is 0.443. The van der Waals surface area contributed by atoms with Crippen LogP contribution in [-0.2, 0) is 6.42 Å². The summed E-state index contributed by atoms with van der Waals surface area (Å²) in [6, 6.07) is 9.38. The number of H-pyrrole nitrogens is 1. The van der Waals surface area contributed by atoms with Crippen molar-refractivity contribution in [3.63, 3.8) is 0 Å². The summed E-state index contributed by atoms with van der Waals surface area (Å²) in [4.78, 5) is 6.06. The van der Waals surface area contributed by atoms with Crippen molar-refractivity contribution in [3.05, 3.63) is 52.8 Å². The fraction of sp³-hybridized carbons (Fsp3) is 0.400. The highest BCUT2D eigenvalue weighted by Gasteiger charge is 2.40. The lowest BCUT2D eigenvalue weighted by atomic mass is 9.89. The fourth-order valence-corrected chi connectivity index (χ4v) is 4.22. The van der Waals surface area contributed by atoms with Crippen molar-refractivity contribution in [2.45, 2.75) is 39.2 Å². The van der Waals surface area contributed by atoms with E-state index < -0.39 is 0 Å². The SMILES string of the molecule is Cc1[nH]c2c(N3CCc4ccccc4C3C3CC3)nncc2c1C. The third-order valence-electron chi connectivity index (χ3n) is 5.78. The van der Waals surface area contributed by atoms with Crippen LogP contribution in [0.2, 0.25) is 0 Å². The molecule has 5 rings (SSSR count). The standard InChI is InChI=1S/C20H22N4/c1-12-13(2)22-18-17(12)11-21-23-20(18)24-10-9-14-5-3-4-6-16(14)19(24)15-7-8-15/h3-6,11,15,19,22H,7-10H2,1-2H3. The van der Waals surface area contributed by atoms with Gasteiger partial charge in [-0.05, 0) is 55.7 Å². The predicted octanol–water partition coefficient (Wildman–Crippen LogP) is 4.09. The summed E-state index contributed by atoms with van der Waals surface area (Å²) in [6.07, 6.45) is 5.61. The second-order valence-electron chi connectivity index (χ2n) is 7.26. The molecule has 1 N–H and O–H groups in total. The van der Waals surface area contributed by atoms with E-state index in [0.717, 1.165) is 30.2 Å². The van der Waals surface area contributed by atoms with Gasteiger partial charge >= 0.3 is 0 Å². The third-order valence-corrected chi connectivity index (χ3v) is 5.78. The van der Waals surface area contributed by atoms with Gasteiger partial charge < -0.3 is 9.88 Å². The maximum absolute atomic E-state index is 4.56. The molecular weight excluding hydrogens is 296 g/mol. The molecule has 24 heavy (non-hydrogen) atoms. The molecular formula is C20H22N4. The molecule has 4 nitrogen and oxygen atoms in total. The lowest BCUT2D eigenvalue weighted by Crippen LogP contribution is -2.37. The summed E-state index contributed by atoms with van der Waals surface area (Å²) >= 11 is 0. The van der Waals surface area contributed by atoms with Crippen LogP contribution in [-0.4, -0.2) is 21.7 Å². The lowest BCUT2D eigenvalue weighted by Gasteiger charge is -2.38. The molecule has 1 fully saturated rings. The molecule has 122 valence electrons. The second-order valence-corrected chi connectivity index (χ2v) is 7.26. The van der Waals surface area contributed by atoms with Crippen LogP contribution in [0.4, 0.5) is 5.82 Å². The number of benzene rings is 1. The molecule has 0 saturated heterocycles. The first-order valence-electron chi connectivity index (χ1n) is 8.89. The molecule has 3 heterocycles. The smallest absolute Gasteiger partial charge is 0.176 e. The van der Waals surface area contributed by atoms with E-state index in [0.29, 0.717) is 6.04 Å². The Morgan fingerprint density at radius 2 is 2.00 bits per heavy atom. The minimum atomic E-state index is 0.443. The van der Waals surface area contributed by atoms with Crippen molar-refractivity contribution < 1.29 is 0 Å². The van der Waals surface area contributed by atoms with Crippen molar-refractivity contribution in [2.24, 2.45) is 5.92 Å². The third kappa shape index (κ3) is 1.98. The molecule has 0 spiro atoms. The molecule has 0 bridgehead atoms. The van der Waals surface area contributed by atoms with Crippen molar-refractivity contribution >= 4 is 16.7 Å². The number of hydrogen-bond acceptors (Lipinski definition) is 3. The first kappa shape index (κ1) is 14.0. The zero-order valence-electron chi connectivity index (χ0n) is 14.2. The molecule has 4 heteroatoms. The lowest BCUT2D eigenvalue weighted by molar-refractivity contribution is 0.522. The van der Waals surface area contributed by atoms with E-state index in [2.05, 4.69) is 58.2 Å². The Kier molecular flexibility index (Phi) is 2.96. The summed E-state index contributed by atoms with van der Waals surface area (Å²) in [7, 11) is 0. The zero-order valence-corrected chi connectivity index (χ0v) is 14.2. The van der Waals surface area contributed by atoms with Gasteiger partial charge in [0, 0.05) is 17.6 Å². The number of rotatable bonds is 2.